The fraction of sp³-hybridized carbons (Fsp3) is 0.190. The number of nitrogens with one attached hydrogen (secondary N) is 1. The van der Waals surface area contributed by atoms with Gasteiger partial charge in [0.25, 0.3) is 0 Å². The lowest BCUT2D eigenvalue weighted by molar-refractivity contribution is -0.121. The van der Waals surface area contributed by atoms with Crippen LogP contribution in [0.3, 0.4) is 0 Å². The lowest BCUT2D eigenvalue weighted by Gasteiger charge is -2.10. The number of hydrogen-bond acceptors (Lipinski definition) is 3. The first-order valence-electron chi connectivity index (χ1n) is 8.48. The standard InChI is InChI=1S/C21H21N3O/c25-20(12-4-9-17-7-2-1-3-8-17)24-16-19-11-6-14-23-21(19)18-10-5-13-22-15-18/h1-3,5-8,10-11,13-15H,4,9,12,16H2,(H,24,25). The van der Waals surface area contributed by atoms with E-state index in [-0.39, 0.29) is 5.91 Å². The van der Waals surface area contributed by atoms with Gasteiger partial charge in [-0.05, 0) is 42.2 Å². The molecule has 0 saturated carbocycles. The number of benzene rings is 1. The highest BCUT2D eigenvalue weighted by Gasteiger charge is 2.08. The second-order valence-corrected chi connectivity index (χ2v) is 5.87. The lowest BCUT2D eigenvalue weighted by Crippen LogP contribution is -2.23. The molecule has 0 aliphatic rings. The van der Waals surface area contributed by atoms with Crippen LogP contribution in [0.1, 0.15) is 24.0 Å². The second kappa shape index (κ2) is 8.73. The Labute approximate surface area is 148 Å². The minimum Gasteiger partial charge on any atom is -0.352 e. The maximum atomic E-state index is 12.1. The summed E-state index contributed by atoms with van der Waals surface area (Å²) in [6.45, 7) is 0.474. The number of carbonyl (C=O) groups excluding carboxylic acids is 1. The zero-order chi connectivity index (χ0) is 17.3. The minimum atomic E-state index is 0.0666. The van der Waals surface area contributed by atoms with Crippen LogP contribution in [-0.2, 0) is 17.8 Å². The number of aromatic nitrogens is 2. The molecular formula is C21H21N3O. The van der Waals surface area contributed by atoms with Crippen LogP contribution in [-0.4, -0.2) is 15.9 Å². The molecule has 0 bridgehead atoms. The van der Waals surface area contributed by atoms with Crippen LogP contribution in [0.2, 0.25) is 0 Å². The highest BCUT2D eigenvalue weighted by atomic mass is 16.1. The van der Waals surface area contributed by atoms with Gasteiger partial charge in [-0.25, -0.2) is 0 Å². The molecule has 2 aromatic heterocycles. The molecule has 3 aromatic rings. The van der Waals surface area contributed by atoms with E-state index in [1.54, 1.807) is 18.6 Å². The van der Waals surface area contributed by atoms with Crippen molar-refractivity contribution in [1.82, 2.24) is 15.3 Å². The molecule has 0 atom stereocenters. The van der Waals surface area contributed by atoms with Crippen molar-refractivity contribution in [2.75, 3.05) is 0 Å². The van der Waals surface area contributed by atoms with Crippen LogP contribution >= 0.6 is 0 Å². The molecule has 4 heteroatoms. The van der Waals surface area contributed by atoms with Gasteiger partial charge >= 0.3 is 0 Å². The molecule has 1 amide bonds. The molecule has 0 saturated heterocycles. The number of nitrogens with zero attached hydrogens (tertiary/aromatic N) is 2. The first-order chi connectivity index (χ1) is 12.3. The third-order valence-electron chi connectivity index (χ3n) is 4.01. The molecule has 1 aromatic carbocycles. The lowest BCUT2D eigenvalue weighted by atomic mass is 10.1. The van der Waals surface area contributed by atoms with E-state index in [0.29, 0.717) is 13.0 Å². The van der Waals surface area contributed by atoms with Crippen molar-refractivity contribution in [2.45, 2.75) is 25.8 Å². The molecule has 0 radical (unpaired) electrons. The Morgan fingerprint density at radius 1 is 0.960 bits per heavy atom. The van der Waals surface area contributed by atoms with Crippen LogP contribution in [0, 0.1) is 0 Å². The number of hydrogen-bond donors (Lipinski definition) is 1. The van der Waals surface area contributed by atoms with Gasteiger partial charge in [-0.15, -0.1) is 0 Å². The van der Waals surface area contributed by atoms with Gasteiger partial charge in [-0.3, -0.25) is 14.8 Å². The first-order valence-corrected chi connectivity index (χ1v) is 8.48. The number of amides is 1. The van der Waals surface area contributed by atoms with Crippen molar-refractivity contribution >= 4 is 5.91 Å². The summed E-state index contributed by atoms with van der Waals surface area (Å²) in [5.41, 5.74) is 4.07. The summed E-state index contributed by atoms with van der Waals surface area (Å²) in [7, 11) is 0. The molecule has 25 heavy (non-hydrogen) atoms. The molecule has 0 aliphatic heterocycles. The Balaban J connectivity index is 1.52. The van der Waals surface area contributed by atoms with E-state index in [9.17, 15) is 4.79 Å². The van der Waals surface area contributed by atoms with Crippen molar-refractivity contribution in [3.05, 3.63) is 84.3 Å². The molecule has 0 fully saturated rings. The maximum Gasteiger partial charge on any atom is 0.220 e. The molecule has 0 unspecified atom stereocenters. The topological polar surface area (TPSA) is 54.9 Å². The highest BCUT2D eigenvalue weighted by molar-refractivity contribution is 5.76. The first kappa shape index (κ1) is 16.8. The number of pyridine rings is 2. The van der Waals surface area contributed by atoms with Crippen LogP contribution in [0.25, 0.3) is 11.3 Å². The molecule has 4 nitrogen and oxygen atoms in total. The average molecular weight is 331 g/mol. The summed E-state index contributed by atoms with van der Waals surface area (Å²) in [4.78, 5) is 20.7. The van der Waals surface area contributed by atoms with Crippen molar-refractivity contribution in [1.29, 1.82) is 0 Å². The largest absolute Gasteiger partial charge is 0.352 e. The van der Waals surface area contributed by atoms with E-state index in [1.165, 1.54) is 5.56 Å². The Hall–Kier alpha value is -3.01. The van der Waals surface area contributed by atoms with Gasteiger partial charge in [0, 0.05) is 37.1 Å². The average Bonchev–Trinajstić information content (AvgIpc) is 2.68. The molecule has 126 valence electrons. The van der Waals surface area contributed by atoms with E-state index in [2.05, 4.69) is 27.4 Å². The van der Waals surface area contributed by atoms with Gasteiger partial charge in [-0.2, -0.15) is 0 Å². The maximum absolute atomic E-state index is 12.1. The molecule has 1 N–H and O–H groups in total. The zero-order valence-electron chi connectivity index (χ0n) is 14.1. The summed E-state index contributed by atoms with van der Waals surface area (Å²) < 4.78 is 0. The van der Waals surface area contributed by atoms with Crippen LogP contribution in [0.4, 0.5) is 0 Å². The zero-order valence-corrected chi connectivity index (χ0v) is 14.1. The van der Waals surface area contributed by atoms with Gasteiger partial charge in [0.05, 0.1) is 5.69 Å². The van der Waals surface area contributed by atoms with Gasteiger partial charge < -0.3 is 5.32 Å². The quantitative estimate of drug-likeness (QED) is 0.717. The summed E-state index contributed by atoms with van der Waals surface area (Å²) in [5.74, 6) is 0.0666. The monoisotopic (exact) mass is 331 g/mol. The normalized spacial score (nSPS) is 10.4. The van der Waals surface area contributed by atoms with Gasteiger partial charge in [0.1, 0.15) is 0 Å². The fourth-order valence-corrected chi connectivity index (χ4v) is 2.72. The van der Waals surface area contributed by atoms with E-state index >= 15 is 0 Å². The number of aryl methyl sites for hydroxylation is 1. The molecular weight excluding hydrogens is 310 g/mol. The van der Waals surface area contributed by atoms with E-state index in [4.69, 9.17) is 0 Å². The summed E-state index contributed by atoms with van der Waals surface area (Å²) in [6.07, 6.45) is 7.57. The van der Waals surface area contributed by atoms with E-state index < -0.39 is 0 Å². The third kappa shape index (κ3) is 4.98. The summed E-state index contributed by atoms with van der Waals surface area (Å²) in [6, 6.07) is 18.0. The number of carbonyl (C=O) groups is 1. The summed E-state index contributed by atoms with van der Waals surface area (Å²) in [5, 5.41) is 3.00. The van der Waals surface area contributed by atoms with Crippen LogP contribution < -0.4 is 5.32 Å². The van der Waals surface area contributed by atoms with Crippen LogP contribution in [0.15, 0.2) is 73.2 Å². The number of rotatable bonds is 7. The fourth-order valence-electron chi connectivity index (χ4n) is 2.72. The third-order valence-corrected chi connectivity index (χ3v) is 4.01. The van der Waals surface area contributed by atoms with Crippen LogP contribution in [0.5, 0.6) is 0 Å². The molecule has 3 rings (SSSR count). The van der Waals surface area contributed by atoms with E-state index in [0.717, 1.165) is 29.7 Å². The van der Waals surface area contributed by atoms with Crippen molar-refractivity contribution in [3.8, 4) is 11.3 Å². The van der Waals surface area contributed by atoms with Crippen molar-refractivity contribution < 1.29 is 4.79 Å². The predicted molar refractivity (Wildman–Crippen MR) is 98.7 cm³/mol. The van der Waals surface area contributed by atoms with Crippen molar-refractivity contribution in [2.24, 2.45) is 0 Å². The summed E-state index contributed by atoms with van der Waals surface area (Å²) >= 11 is 0. The SMILES string of the molecule is O=C(CCCc1ccccc1)NCc1cccnc1-c1cccnc1. The van der Waals surface area contributed by atoms with Gasteiger partial charge in [-0.1, -0.05) is 36.4 Å². The Morgan fingerprint density at radius 2 is 1.80 bits per heavy atom. The minimum absolute atomic E-state index is 0.0666. The molecule has 0 spiro atoms. The van der Waals surface area contributed by atoms with Gasteiger partial charge in [0.2, 0.25) is 5.91 Å². The molecule has 0 aliphatic carbocycles. The second-order valence-electron chi connectivity index (χ2n) is 5.87. The smallest absolute Gasteiger partial charge is 0.220 e. The Bertz CT molecular complexity index is 804. The van der Waals surface area contributed by atoms with Crippen molar-refractivity contribution in [3.63, 3.8) is 0 Å². The predicted octanol–water partition coefficient (Wildman–Crippen LogP) is 3.78. The highest BCUT2D eigenvalue weighted by Crippen LogP contribution is 2.19. The molecule has 2 heterocycles. The van der Waals surface area contributed by atoms with E-state index in [1.807, 2.05) is 42.5 Å². The van der Waals surface area contributed by atoms with Gasteiger partial charge in [0.15, 0.2) is 0 Å². The Kier molecular flexibility index (Phi) is 5.88. The Morgan fingerprint density at radius 3 is 2.60 bits per heavy atom.